The number of aryl methyl sites for hydroxylation is 1. The molecule has 0 saturated carbocycles. The number of aliphatic hydroxyl groups is 1. The number of thiazole rings is 1. The fraction of sp³-hybridized carbons (Fsp3) is 0.333. The van der Waals surface area contributed by atoms with Crippen LogP contribution in [-0.2, 0) is 6.54 Å². The molecular weight excluding hydrogens is 270 g/mol. The molecule has 0 aliphatic rings. The summed E-state index contributed by atoms with van der Waals surface area (Å²) in [5, 5.41) is 22.0. The Bertz CT molecular complexity index is 643. The van der Waals surface area contributed by atoms with E-state index in [0.29, 0.717) is 12.1 Å². The van der Waals surface area contributed by atoms with E-state index in [4.69, 9.17) is 5.26 Å². The molecule has 0 radical (unpaired) electrons. The molecule has 0 aliphatic heterocycles. The summed E-state index contributed by atoms with van der Waals surface area (Å²) >= 11 is 1.62. The average Bonchev–Trinajstić information content (AvgIpc) is 2.83. The lowest BCUT2D eigenvalue weighted by Gasteiger charge is -2.23. The van der Waals surface area contributed by atoms with Gasteiger partial charge in [0.25, 0.3) is 0 Å². The third-order valence-electron chi connectivity index (χ3n) is 3.09. The first kappa shape index (κ1) is 14.5. The molecule has 1 unspecified atom stereocenters. The standard InChI is InChI=1S/C15H17N3OS/c1-10(19)14-5-4-12(7-16)6-15(14)18(3)8-13-9-20-11(2)17-13/h4-6,9-10,19H,8H2,1-3H3. The Morgan fingerprint density at radius 1 is 1.50 bits per heavy atom. The van der Waals surface area contributed by atoms with Crippen molar-refractivity contribution >= 4 is 17.0 Å². The lowest BCUT2D eigenvalue weighted by atomic mass is 10.0. The van der Waals surface area contributed by atoms with Crippen molar-refractivity contribution in [3.05, 3.63) is 45.4 Å². The molecule has 4 nitrogen and oxygen atoms in total. The van der Waals surface area contributed by atoms with Crippen LogP contribution in [0.1, 0.15) is 34.9 Å². The van der Waals surface area contributed by atoms with Gasteiger partial charge in [-0.3, -0.25) is 0 Å². The molecule has 1 aromatic carbocycles. The van der Waals surface area contributed by atoms with E-state index in [1.165, 1.54) is 0 Å². The van der Waals surface area contributed by atoms with Gasteiger partial charge in [0.05, 0.1) is 35.0 Å². The van der Waals surface area contributed by atoms with E-state index in [9.17, 15) is 5.11 Å². The normalized spacial score (nSPS) is 11.9. The molecule has 1 heterocycles. The molecule has 2 rings (SSSR count). The van der Waals surface area contributed by atoms with Crippen LogP contribution in [0.3, 0.4) is 0 Å². The largest absolute Gasteiger partial charge is 0.389 e. The average molecular weight is 287 g/mol. The van der Waals surface area contributed by atoms with Crippen molar-refractivity contribution in [2.75, 3.05) is 11.9 Å². The zero-order valence-corrected chi connectivity index (χ0v) is 12.6. The van der Waals surface area contributed by atoms with Crippen molar-refractivity contribution < 1.29 is 5.11 Å². The summed E-state index contributed by atoms with van der Waals surface area (Å²) in [7, 11) is 1.94. The number of aromatic nitrogens is 1. The van der Waals surface area contributed by atoms with E-state index >= 15 is 0 Å². The van der Waals surface area contributed by atoms with Crippen molar-refractivity contribution in [1.29, 1.82) is 5.26 Å². The predicted molar refractivity (Wildman–Crippen MR) is 80.7 cm³/mol. The van der Waals surface area contributed by atoms with Crippen LogP contribution in [0.25, 0.3) is 0 Å². The van der Waals surface area contributed by atoms with E-state index < -0.39 is 6.10 Å². The van der Waals surface area contributed by atoms with E-state index in [0.717, 1.165) is 22.0 Å². The van der Waals surface area contributed by atoms with Gasteiger partial charge in [-0.25, -0.2) is 4.98 Å². The van der Waals surface area contributed by atoms with Gasteiger partial charge in [0.15, 0.2) is 0 Å². The van der Waals surface area contributed by atoms with Crippen LogP contribution in [0, 0.1) is 18.3 Å². The third-order valence-corrected chi connectivity index (χ3v) is 3.91. The first-order chi connectivity index (χ1) is 9.51. The molecule has 2 aromatic rings. The van der Waals surface area contributed by atoms with Crippen molar-refractivity contribution in [2.45, 2.75) is 26.5 Å². The molecule has 0 saturated heterocycles. The second kappa shape index (κ2) is 6.04. The minimum atomic E-state index is -0.572. The maximum atomic E-state index is 9.86. The van der Waals surface area contributed by atoms with Gasteiger partial charge in [-0.2, -0.15) is 5.26 Å². The Kier molecular flexibility index (Phi) is 4.38. The Morgan fingerprint density at radius 3 is 2.80 bits per heavy atom. The van der Waals surface area contributed by atoms with Gasteiger partial charge in [-0.1, -0.05) is 6.07 Å². The molecular formula is C15H17N3OS. The zero-order chi connectivity index (χ0) is 14.7. The zero-order valence-electron chi connectivity index (χ0n) is 11.8. The molecule has 0 aliphatic carbocycles. The first-order valence-electron chi connectivity index (χ1n) is 6.35. The number of benzene rings is 1. The number of anilines is 1. The minimum absolute atomic E-state index is 0.572. The molecule has 0 amide bonds. The maximum Gasteiger partial charge on any atom is 0.0992 e. The predicted octanol–water partition coefficient (Wildman–Crippen LogP) is 3.01. The number of hydrogen-bond acceptors (Lipinski definition) is 5. The lowest BCUT2D eigenvalue weighted by Crippen LogP contribution is -2.19. The molecule has 0 fully saturated rings. The smallest absolute Gasteiger partial charge is 0.0992 e. The number of hydrogen-bond donors (Lipinski definition) is 1. The van der Waals surface area contributed by atoms with Crippen LogP contribution in [-0.4, -0.2) is 17.1 Å². The highest BCUT2D eigenvalue weighted by Crippen LogP contribution is 2.28. The fourth-order valence-corrected chi connectivity index (χ4v) is 2.71. The summed E-state index contributed by atoms with van der Waals surface area (Å²) in [6, 6.07) is 7.48. The topological polar surface area (TPSA) is 60.2 Å². The number of aliphatic hydroxyl groups excluding tert-OH is 1. The van der Waals surface area contributed by atoms with Crippen LogP contribution in [0.15, 0.2) is 23.6 Å². The Balaban J connectivity index is 2.32. The summed E-state index contributed by atoms with van der Waals surface area (Å²) in [6.45, 7) is 4.36. The molecule has 1 N–H and O–H groups in total. The minimum Gasteiger partial charge on any atom is -0.389 e. The van der Waals surface area contributed by atoms with E-state index in [-0.39, 0.29) is 0 Å². The summed E-state index contributed by atoms with van der Waals surface area (Å²) < 4.78 is 0. The second-order valence-corrected chi connectivity index (χ2v) is 5.84. The SMILES string of the molecule is Cc1nc(CN(C)c2cc(C#N)ccc2C(C)O)cs1. The van der Waals surface area contributed by atoms with Crippen LogP contribution < -0.4 is 4.90 Å². The Morgan fingerprint density at radius 2 is 2.25 bits per heavy atom. The molecule has 1 aromatic heterocycles. The fourth-order valence-electron chi connectivity index (χ4n) is 2.11. The van der Waals surface area contributed by atoms with E-state index in [2.05, 4.69) is 11.1 Å². The monoisotopic (exact) mass is 287 g/mol. The van der Waals surface area contributed by atoms with Gasteiger partial charge >= 0.3 is 0 Å². The molecule has 104 valence electrons. The Hall–Kier alpha value is -1.90. The lowest BCUT2D eigenvalue weighted by molar-refractivity contribution is 0.199. The highest BCUT2D eigenvalue weighted by Gasteiger charge is 2.14. The van der Waals surface area contributed by atoms with Gasteiger partial charge in [0.2, 0.25) is 0 Å². The van der Waals surface area contributed by atoms with Gasteiger partial charge in [0.1, 0.15) is 0 Å². The molecule has 0 bridgehead atoms. The number of rotatable bonds is 4. The van der Waals surface area contributed by atoms with Crippen LogP contribution in [0.4, 0.5) is 5.69 Å². The van der Waals surface area contributed by atoms with Gasteiger partial charge < -0.3 is 10.0 Å². The molecule has 20 heavy (non-hydrogen) atoms. The second-order valence-electron chi connectivity index (χ2n) is 4.78. The summed E-state index contributed by atoms with van der Waals surface area (Å²) in [4.78, 5) is 6.45. The highest BCUT2D eigenvalue weighted by atomic mass is 32.1. The van der Waals surface area contributed by atoms with Crippen molar-refractivity contribution in [3.8, 4) is 6.07 Å². The quantitative estimate of drug-likeness (QED) is 0.939. The van der Waals surface area contributed by atoms with Gasteiger partial charge in [-0.05, 0) is 26.0 Å². The van der Waals surface area contributed by atoms with Crippen LogP contribution in [0.2, 0.25) is 0 Å². The van der Waals surface area contributed by atoms with Crippen LogP contribution >= 0.6 is 11.3 Å². The van der Waals surface area contributed by atoms with Gasteiger partial charge in [-0.15, -0.1) is 11.3 Å². The first-order valence-corrected chi connectivity index (χ1v) is 7.23. The molecule has 1 atom stereocenters. The maximum absolute atomic E-state index is 9.86. The van der Waals surface area contributed by atoms with Gasteiger partial charge in [0, 0.05) is 23.7 Å². The number of nitrogens with zero attached hydrogens (tertiary/aromatic N) is 3. The van der Waals surface area contributed by atoms with E-state index in [1.54, 1.807) is 36.5 Å². The number of nitriles is 1. The third kappa shape index (κ3) is 3.16. The van der Waals surface area contributed by atoms with Crippen LogP contribution in [0.5, 0.6) is 0 Å². The Labute approximate surface area is 122 Å². The molecule has 0 spiro atoms. The van der Waals surface area contributed by atoms with Crippen molar-refractivity contribution in [1.82, 2.24) is 4.98 Å². The van der Waals surface area contributed by atoms with Crippen molar-refractivity contribution in [3.63, 3.8) is 0 Å². The highest BCUT2D eigenvalue weighted by molar-refractivity contribution is 7.09. The summed E-state index contributed by atoms with van der Waals surface area (Å²) in [5.41, 5.74) is 3.27. The summed E-state index contributed by atoms with van der Waals surface area (Å²) in [6.07, 6.45) is -0.572. The van der Waals surface area contributed by atoms with Crippen molar-refractivity contribution in [2.24, 2.45) is 0 Å². The molecule has 5 heteroatoms. The van der Waals surface area contributed by atoms with E-state index in [1.807, 2.05) is 24.3 Å². The summed E-state index contributed by atoms with van der Waals surface area (Å²) in [5.74, 6) is 0.